The molecule has 2 aliphatic heterocycles. The first-order valence-corrected chi connectivity index (χ1v) is 7.05. The third kappa shape index (κ3) is 3.49. The summed E-state index contributed by atoms with van der Waals surface area (Å²) in [4.78, 5) is 5.08. The van der Waals surface area contributed by atoms with Gasteiger partial charge in [-0.25, -0.2) is 0 Å². The van der Waals surface area contributed by atoms with E-state index >= 15 is 0 Å². The van der Waals surface area contributed by atoms with Crippen molar-refractivity contribution in [2.75, 3.05) is 13.2 Å². The molecule has 0 radical (unpaired) electrons. The molecule has 0 bridgehead atoms. The van der Waals surface area contributed by atoms with Gasteiger partial charge in [0.25, 0.3) is 5.90 Å². The van der Waals surface area contributed by atoms with E-state index in [0.717, 1.165) is 31.4 Å². The average molecular weight is 277 g/mol. The maximum absolute atomic E-state index is 5.85. The van der Waals surface area contributed by atoms with Gasteiger partial charge in [0.15, 0.2) is 19.0 Å². The Bertz CT molecular complexity index is 442. The van der Waals surface area contributed by atoms with Crippen molar-refractivity contribution in [3.63, 3.8) is 0 Å². The molecule has 0 aliphatic carbocycles. The fourth-order valence-corrected chi connectivity index (χ4v) is 2.25. The van der Waals surface area contributed by atoms with E-state index in [0.29, 0.717) is 19.1 Å². The van der Waals surface area contributed by atoms with Crippen LogP contribution in [0.15, 0.2) is 35.5 Å². The maximum atomic E-state index is 5.85. The lowest BCUT2D eigenvalue weighted by molar-refractivity contribution is -0.180. The summed E-state index contributed by atoms with van der Waals surface area (Å²) in [5.74, 6) is 0.503. The highest BCUT2D eigenvalue weighted by Crippen LogP contribution is 2.19. The zero-order valence-corrected chi connectivity index (χ0v) is 11.4. The molecule has 5 heteroatoms. The summed E-state index contributed by atoms with van der Waals surface area (Å²) in [6, 6.07) is 9.96. The van der Waals surface area contributed by atoms with E-state index in [-0.39, 0.29) is 12.4 Å². The molecule has 0 amide bonds. The summed E-state index contributed by atoms with van der Waals surface area (Å²) in [5.41, 5.74) is 1.09. The van der Waals surface area contributed by atoms with Gasteiger partial charge < -0.3 is 19.0 Å². The number of benzene rings is 1. The van der Waals surface area contributed by atoms with E-state index in [1.807, 2.05) is 30.3 Å². The minimum Gasteiger partial charge on any atom is -0.472 e. The van der Waals surface area contributed by atoms with Crippen molar-refractivity contribution in [1.82, 2.24) is 0 Å². The molecule has 1 saturated heterocycles. The Balaban J connectivity index is 1.50. The highest BCUT2D eigenvalue weighted by molar-refractivity contribution is 5.81. The monoisotopic (exact) mass is 277 g/mol. The van der Waals surface area contributed by atoms with Gasteiger partial charge in [0.2, 0.25) is 0 Å². The van der Waals surface area contributed by atoms with Crippen molar-refractivity contribution >= 4 is 5.90 Å². The van der Waals surface area contributed by atoms with Gasteiger partial charge in [-0.3, -0.25) is 0 Å². The van der Waals surface area contributed by atoms with E-state index in [1.165, 1.54) is 0 Å². The van der Waals surface area contributed by atoms with Crippen molar-refractivity contribution in [3.8, 4) is 0 Å². The molecule has 2 aliphatic rings. The summed E-state index contributed by atoms with van der Waals surface area (Å²) < 4.78 is 17.1. The van der Waals surface area contributed by atoms with Gasteiger partial charge in [-0.2, -0.15) is 0 Å². The standard InChI is InChI=1S/C15H19NO4/c1-2-6-12(7-3-1)10-18-15-13(11-19-16-15)20-14-8-4-5-9-17-14/h1-3,6-7,13-14H,4-5,8-11H2. The second-order valence-electron chi connectivity index (χ2n) is 4.92. The largest absolute Gasteiger partial charge is 0.472 e. The number of hydrogen-bond donors (Lipinski definition) is 0. The molecule has 20 heavy (non-hydrogen) atoms. The Hall–Kier alpha value is -1.59. The van der Waals surface area contributed by atoms with Gasteiger partial charge in [-0.15, -0.1) is 0 Å². The summed E-state index contributed by atoms with van der Waals surface area (Å²) in [6.45, 7) is 1.62. The van der Waals surface area contributed by atoms with Crippen LogP contribution in [-0.2, 0) is 25.7 Å². The van der Waals surface area contributed by atoms with Crippen LogP contribution in [0, 0.1) is 0 Å². The first-order chi connectivity index (χ1) is 9.92. The Morgan fingerprint density at radius 3 is 2.90 bits per heavy atom. The van der Waals surface area contributed by atoms with Gasteiger partial charge in [0.1, 0.15) is 6.61 Å². The smallest absolute Gasteiger partial charge is 0.259 e. The predicted octanol–water partition coefficient (Wildman–Crippen LogP) is 2.46. The summed E-state index contributed by atoms with van der Waals surface area (Å²) >= 11 is 0. The predicted molar refractivity (Wildman–Crippen MR) is 73.1 cm³/mol. The Morgan fingerprint density at radius 2 is 2.10 bits per heavy atom. The lowest BCUT2D eigenvalue weighted by Gasteiger charge is -2.25. The van der Waals surface area contributed by atoms with Crippen molar-refractivity contribution in [2.45, 2.75) is 38.3 Å². The molecule has 5 nitrogen and oxygen atoms in total. The molecule has 1 aromatic rings. The van der Waals surface area contributed by atoms with Crippen LogP contribution in [0.4, 0.5) is 0 Å². The molecule has 1 aromatic carbocycles. The molecule has 0 saturated carbocycles. The Kier molecular flexibility index (Phi) is 4.50. The number of oxime groups is 1. The lowest BCUT2D eigenvalue weighted by Crippen LogP contribution is -2.33. The number of ether oxygens (including phenoxy) is 3. The molecule has 3 rings (SSSR count). The fourth-order valence-electron chi connectivity index (χ4n) is 2.25. The molecular weight excluding hydrogens is 258 g/mol. The van der Waals surface area contributed by atoms with Crippen molar-refractivity contribution in [2.24, 2.45) is 5.16 Å². The van der Waals surface area contributed by atoms with Crippen molar-refractivity contribution in [3.05, 3.63) is 35.9 Å². The van der Waals surface area contributed by atoms with E-state index < -0.39 is 0 Å². The van der Waals surface area contributed by atoms with Crippen molar-refractivity contribution in [1.29, 1.82) is 0 Å². The lowest BCUT2D eigenvalue weighted by atomic mass is 10.2. The minimum atomic E-state index is -0.262. The summed E-state index contributed by atoms with van der Waals surface area (Å²) in [6.07, 6.45) is 2.73. The number of nitrogens with zero attached hydrogens (tertiary/aromatic N) is 1. The number of rotatable bonds is 4. The fraction of sp³-hybridized carbons (Fsp3) is 0.533. The van der Waals surface area contributed by atoms with Crippen LogP contribution >= 0.6 is 0 Å². The third-order valence-electron chi connectivity index (χ3n) is 3.34. The van der Waals surface area contributed by atoms with Crippen LogP contribution in [0.25, 0.3) is 0 Å². The van der Waals surface area contributed by atoms with Gasteiger partial charge in [-0.1, -0.05) is 30.3 Å². The van der Waals surface area contributed by atoms with Gasteiger partial charge in [0.05, 0.1) is 0 Å². The van der Waals surface area contributed by atoms with Gasteiger partial charge in [-0.05, 0) is 30.0 Å². The Labute approximate surface area is 118 Å². The Morgan fingerprint density at radius 1 is 1.20 bits per heavy atom. The first kappa shape index (κ1) is 13.4. The zero-order valence-electron chi connectivity index (χ0n) is 11.4. The highest BCUT2D eigenvalue weighted by Gasteiger charge is 2.30. The van der Waals surface area contributed by atoms with Crippen LogP contribution < -0.4 is 0 Å². The molecule has 0 aromatic heterocycles. The SMILES string of the molecule is c1ccc(COC2=NOCC2OC2CCCCO2)cc1. The second kappa shape index (κ2) is 6.72. The second-order valence-corrected chi connectivity index (χ2v) is 4.92. The maximum Gasteiger partial charge on any atom is 0.259 e. The summed E-state index contributed by atoms with van der Waals surface area (Å²) in [5, 5.41) is 3.91. The number of hydrogen-bond acceptors (Lipinski definition) is 5. The zero-order chi connectivity index (χ0) is 13.6. The van der Waals surface area contributed by atoms with Crippen LogP contribution in [0.3, 0.4) is 0 Å². The minimum absolute atomic E-state index is 0.166. The van der Waals surface area contributed by atoms with E-state index in [4.69, 9.17) is 19.0 Å². The van der Waals surface area contributed by atoms with E-state index in [2.05, 4.69) is 5.16 Å². The molecule has 2 unspecified atom stereocenters. The quantitative estimate of drug-likeness (QED) is 0.848. The molecule has 1 fully saturated rings. The van der Waals surface area contributed by atoms with Crippen LogP contribution in [0.5, 0.6) is 0 Å². The van der Waals surface area contributed by atoms with E-state index in [9.17, 15) is 0 Å². The normalized spacial score (nSPS) is 25.9. The van der Waals surface area contributed by atoms with Crippen molar-refractivity contribution < 1.29 is 19.0 Å². The third-order valence-corrected chi connectivity index (χ3v) is 3.34. The van der Waals surface area contributed by atoms with E-state index in [1.54, 1.807) is 0 Å². The van der Waals surface area contributed by atoms with Gasteiger partial charge in [0, 0.05) is 6.61 Å². The van der Waals surface area contributed by atoms with Crippen LogP contribution in [0.1, 0.15) is 24.8 Å². The van der Waals surface area contributed by atoms with Crippen LogP contribution in [0.2, 0.25) is 0 Å². The molecule has 0 spiro atoms. The average Bonchev–Trinajstić information content (AvgIpc) is 2.94. The van der Waals surface area contributed by atoms with Gasteiger partial charge >= 0.3 is 0 Å². The molecule has 0 N–H and O–H groups in total. The van der Waals surface area contributed by atoms with Crippen LogP contribution in [-0.4, -0.2) is 31.5 Å². The topological polar surface area (TPSA) is 49.3 Å². The molecule has 2 heterocycles. The molecule has 108 valence electrons. The molecular formula is C15H19NO4. The highest BCUT2D eigenvalue weighted by atomic mass is 16.7. The first-order valence-electron chi connectivity index (χ1n) is 7.05. The molecule has 2 atom stereocenters. The summed E-state index contributed by atoms with van der Waals surface area (Å²) in [7, 11) is 0.